The normalized spacial score (nSPS) is 11.4. The Bertz CT molecular complexity index is 1710. The topological polar surface area (TPSA) is 98.7 Å². The van der Waals surface area contributed by atoms with Gasteiger partial charge in [-0.15, -0.1) is 0 Å². The van der Waals surface area contributed by atoms with Crippen LogP contribution in [-0.4, -0.2) is 28.3 Å². The summed E-state index contributed by atoms with van der Waals surface area (Å²) in [5.41, 5.74) is 10.0. The zero-order valence-corrected chi connectivity index (χ0v) is 22.4. The van der Waals surface area contributed by atoms with Crippen LogP contribution in [0.25, 0.3) is 16.9 Å². The van der Waals surface area contributed by atoms with Crippen molar-refractivity contribution in [2.45, 2.75) is 25.8 Å². The van der Waals surface area contributed by atoms with Gasteiger partial charge in [-0.1, -0.05) is 36.4 Å². The van der Waals surface area contributed by atoms with Crippen LogP contribution in [-0.2, 0) is 12.0 Å². The largest absolute Gasteiger partial charge is 0.496 e. The molecule has 8 heteroatoms. The number of fused-ring (bicyclic) bond motifs is 1. The number of nitrogens with two attached hydrogens (primary N) is 1. The molecule has 0 saturated carbocycles. The molecular formula is C32H29FN4O3. The van der Waals surface area contributed by atoms with Crippen LogP contribution < -0.4 is 15.8 Å². The van der Waals surface area contributed by atoms with Crippen molar-refractivity contribution < 1.29 is 18.7 Å². The van der Waals surface area contributed by atoms with E-state index in [9.17, 15) is 14.0 Å². The molecular weight excluding hydrogens is 507 g/mol. The van der Waals surface area contributed by atoms with E-state index < -0.39 is 11.4 Å². The van der Waals surface area contributed by atoms with E-state index in [0.717, 1.165) is 16.7 Å². The Balaban J connectivity index is 1.47. The van der Waals surface area contributed by atoms with Gasteiger partial charge in [0.05, 0.1) is 12.6 Å². The van der Waals surface area contributed by atoms with E-state index in [0.29, 0.717) is 34.6 Å². The third kappa shape index (κ3) is 5.29. The Kier molecular flexibility index (Phi) is 7.09. The van der Waals surface area contributed by atoms with E-state index in [1.54, 1.807) is 48.0 Å². The summed E-state index contributed by atoms with van der Waals surface area (Å²) in [5.74, 6) is -0.611. The van der Waals surface area contributed by atoms with E-state index in [2.05, 4.69) is 10.3 Å². The number of primary amides is 1. The number of aromatic nitrogens is 2. The first-order valence-electron chi connectivity index (χ1n) is 12.8. The van der Waals surface area contributed by atoms with E-state index in [4.69, 9.17) is 10.5 Å². The minimum atomic E-state index is -0.652. The highest BCUT2D eigenvalue weighted by Gasteiger charge is 2.24. The van der Waals surface area contributed by atoms with Crippen LogP contribution >= 0.6 is 0 Å². The Morgan fingerprint density at radius 2 is 1.73 bits per heavy atom. The van der Waals surface area contributed by atoms with Crippen LogP contribution in [0.5, 0.6) is 5.75 Å². The van der Waals surface area contributed by atoms with Gasteiger partial charge in [0.1, 0.15) is 28.6 Å². The number of carbonyl (C=O) groups is 2. The lowest BCUT2D eigenvalue weighted by atomic mass is 9.93. The van der Waals surface area contributed by atoms with Gasteiger partial charge in [-0.3, -0.25) is 14.0 Å². The second-order valence-electron chi connectivity index (χ2n) is 10.1. The Morgan fingerprint density at radius 1 is 1.00 bits per heavy atom. The fourth-order valence-corrected chi connectivity index (χ4v) is 4.80. The number of pyridine rings is 1. The third-order valence-electron chi connectivity index (χ3n) is 6.89. The van der Waals surface area contributed by atoms with Crippen molar-refractivity contribution >= 4 is 17.5 Å². The van der Waals surface area contributed by atoms with Crippen molar-refractivity contribution in [2.75, 3.05) is 7.11 Å². The van der Waals surface area contributed by atoms with Gasteiger partial charge < -0.3 is 15.8 Å². The summed E-state index contributed by atoms with van der Waals surface area (Å²) in [7, 11) is 1.58. The van der Waals surface area contributed by atoms with Crippen molar-refractivity contribution in [3.63, 3.8) is 0 Å². The Morgan fingerprint density at radius 3 is 2.40 bits per heavy atom. The molecule has 5 aromatic rings. The molecule has 2 aromatic heterocycles. The SMILES string of the molecule is COc1ccc(C(=O)NC(C)(C)c2ccccc2)cc1Cc1ccc2nc(-c3ccc(F)cc3)c(C(N)=O)n2c1. The quantitative estimate of drug-likeness (QED) is 0.273. The fourth-order valence-electron chi connectivity index (χ4n) is 4.80. The first-order chi connectivity index (χ1) is 19.2. The number of benzene rings is 3. The highest BCUT2D eigenvalue weighted by molar-refractivity contribution is 5.98. The summed E-state index contributed by atoms with van der Waals surface area (Å²) in [5, 5.41) is 3.12. The van der Waals surface area contributed by atoms with Gasteiger partial charge in [0.25, 0.3) is 11.8 Å². The number of ether oxygens (including phenoxy) is 1. The molecule has 0 radical (unpaired) electrons. The summed E-state index contributed by atoms with van der Waals surface area (Å²) >= 11 is 0. The smallest absolute Gasteiger partial charge is 0.268 e. The number of imidazole rings is 1. The van der Waals surface area contributed by atoms with E-state index in [1.165, 1.54) is 12.1 Å². The highest BCUT2D eigenvalue weighted by Crippen LogP contribution is 2.28. The fraction of sp³-hybridized carbons (Fsp3) is 0.156. The molecule has 0 fully saturated rings. The van der Waals surface area contributed by atoms with Crippen LogP contribution in [0.4, 0.5) is 4.39 Å². The molecule has 2 amide bonds. The number of carbonyl (C=O) groups excluding carboxylic acids is 2. The van der Waals surface area contributed by atoms with Crippen molar-refractivity contribution in [3.05, 3.63) is 125 Å². The summed E-state index contributed by atoms with van der Waals surface area (Å²) in [4.78, 5) is 30.3. The molecule has 5 rings (SSSR count). The number of amides is 2. The lowest BCUT2D eigenvalue weighted by molar-refractivity contribution is 0.0911. The van der Waals surface area contributed by atoms with Crippen molar-refractivity contribution in [1.82, 2.24) is 14.7 Å². The summed E-state index contributed by atoms with van der Waals surface area (Å²) < 4.78 is 20.7. The zero-order valence-electron chi connectivity index (χ0n) is 22.4. The van der Waals surface area contributed by atoms with E-state index in [-0.39, 0.29) is 17.4 Å². The molecule has 202 valence electrons. The summed E-state index contributed by atoms with van der Waals surface area (Å²) in [6.07, 6.45) is 2.21. The second-order valence-corrected chi connectivity index (χ2v) is 10.1. The van der Waals surface area contributed by atoms with Gasteiger partial charge in [0.15, 0.2) is 0 Å². The van der Waals surface area contributed by atoms with Crippen LogP contribution in [0.1, 0.15) is 51.4 Å². The molecule has 40 heavy (non-hydrogen) atoms. The monoisotopic (exact) mass is 536 g/mol. The second kappa shape index (κ2) is 10.6. The molecule has 0 unspecified atom stereocenters. The number of nitrogens with zero attached hydrogens (tertiary/aromatic N) is 2. The molecule has 0 spiro atoms. The zero-order chi connectivity index (χ0) is 28.4. The average molecular weight is 537 g/mol. The third-order valence-corrected chi connectivity index (χ3v) is 6.89. The highest BCUT2D eigenvalue weighted by atomic mass is 19.1. The van der Waals surface area contributed by atoms with Crippen molar-refractivity contribution in [3.8, 4) is 17.0 Å². The van der Waals surface area contributed by atoms with Gasteiger partial charge in [-0.2, -0.15) is 0 Å². The number of nitrogens with one attached hydrogen (secondary N) is 1. The molecule has 0 aliphatic heterocycles. The van der Waals surface area contributed by atoms with Crippen molar-refractivity contribution in [2.24, 2.45) is 5.73 Å². The predicted octanol–water partition coefficient (Wildman–Crippen LogP) is 5.50. The molecule has 0 aliphatic rings. The molecule has 0 saturated heterocycles. The summed E-state index contributed by atoms with van der Waals surface area (Å²) in [6.45, 7) is 3.92. The van der Waals surface area contributed by atoms with E-state index in [1.807, 2.05) is 56.3 Å². The molecule has 0 aliphatic carbocycles. The van der Waals surface area contributed by atoms with Crippen LogP contribution in [0.2, 0.25) is 0 Å². The summed E-state index contributed by atoms with van der Waals surface area (Å²) in [6, 6.07) is 24.5. The predicted molar refractivity (Wildman–Crippen MR) is 152 cm³/mol. The molecule has 0 atom stereocenters. The number of methoxy groups -OCH3 is 1. The van der Waals surface area contributed by atoms with Gasteiger partial charge in [-0.25, -0.2) is 9.37 Å². The maximum atomic E-state index is 13.5. The Labute approximate surface area is 231 Å². The number of hydrogen-bond acceptors (Lipinski definition) is 4. The standard InChI is InChI=1S/C32H29FN4O3/c1-32(2,24-7-5-4-6-8-24)36-31(39)22-12-15-26(40-3)23(18-22)17-20-9-16-27-35-28(21-10-13-25(33)14-11-21)29(30(34)38)37(27)19-20/h4-16,18-19H,17H2,1-3H3,(H2,34,38)(H,36,39). The Hall–Kier alpha value is -4.98. The molecule has 7 nitrogen and oxygen atoms in total. The minimum absolute atomic E-state index is 0.201. The van der Waals surface area contributed by atoms with E-state index >= 15 is 0 Å². The van der Waals surface area contributed by atoms with Crippen LogP contribution in [0.15, 0.2) is 91.1 Å². The molecule has 3 aromatic carbocycles. The molecule has 0 bridgehead atoms. The van der Waals surface area contributed by atoms with Gasteiger partial charge in [0, 0.05) is 23.7 Å². The molecule has 3 N–H and O–H groups in total. The average Bonchev–Trinajstić information content (AvgIpc) is 3.33. The van der Waals surface area contributed by atoms with Crippen molar-refractivity contribution in [1.29, 1.82) is 0 Å². The maximum absolute atomic E-state index is 13.5. The van der Waals surface area contributed by atoms with Crippen LogP contribution in [0.3, 0.4) is 0 Å². The van der Waals surface area contributed by atoms with Gasteiger partial charge in [-0.05, 0) is 79.1 Å². The number of hydrogen-bond donors (Lipinski definition) is 2. The van der Waals surface area contributed by atoms with Gasteiger partial charge in [0.2, 0.25) is 0 Å². The number of halogens is 1. The minimum Gasteiger partial charge on any atom is -0.496 e. The van der Waals surface area contributed by atoms with Crippen LogP contribution in [0, 0.1) is 5.82 Å². The molecule has 2 heterocycles. The number of rotatable bonds is 8. The lowest BCUT2D eigenvalue weighted by Crippen LogP contribution is -2.41. The first-order valence-corrected chi connectivity index (χ1v) is 12.8. The first kappa shape index (κ1) is 26.6. The lowest BCUT2D eigenvalue weighted by Gasteiger charge is -2.27. The maximum Gasteiger partial charge on any atom is 0.268 e. The van der Waals surface area contributed by atoms with Gasteiger partial charge >= 0.3 is 0 Å².